The van der Waals surface area contributed by atoms with Crippen molar-refractivity contribution in [3.63, 3.8) is 0 Å². The summed E-state index contributed by atoms with van der Waals surface area (Å²) in [6.07, 6.45) is 0. The maximum Gasteiger partial charge on any atom is 0.512 e. The lowest BCUT2D eigenvalue weighted by atomic mass is 9.78. The van der Waals surface area contributed by atoms with Gasteiger partial charge >= 0.3 is 14.2 Å². The average molecular weight is 448 g/mol. The predicted molar refractivity (Wildman–Crippen MR) is 117 cm³/mol. The van der Waals surface area contributed by atoms with E-state index in [0.717, 1.165) is 26.4 Å². The molecule has 0 unspecified atom stereocenters. The van der Waals surface area contributed by atoms with Crippen molar-refractivity contribution in [2.45, 2.75) is 77.8 Å². The third kappa shape index (κ3) is 3.00. The zero-order valence-corrected chi connectivity index (χ0v) is 19.5. The Morgan fingerprint density at radius 3 is 1.71 bits per heavy atom. The molecule has 1 N–H and O–H groups in total. The highest BCUT2D eigenvalue weighted by Gasteiger charge is 2.54. The van der Waals surface area contributed by atoms with Gasteiger partial charge in [0.05, 0.1) is 22.4 Å². The van der Waals surface area contributed by atoms with Crippen LogP contribution in [0.5, 0.6) is 0 Å². The molecule has 2 aromatic rings. The van der Waals surface area contributed by atoms with Gasteiger partial charge < -0.3 is 23.6 Å². The number of aromatic amines is 1. The Morgan fingerprint density at radius 2 is 1.21 bits per heavy atom. The van der Waals surface area contributed by atoms with E-state index in [2.05, 4.69) is 82.4 Å². The number of aromatic nitrogens is 1. The highest BCUT2D eigenvalue weighted by molar-refractivity contribution is 9.10. The summed E-state index contributed by atoms with van der Waals surface area (Å²) >= 11 is 3.67. The molecular weight excluding hydrogens is 420 g/mol. The topological polar surface area (TPSA) is 52.7 Å². The van der Waals surface area contributed by atoms with E-state index in [-0.39, 0.29) is 11.2 Å². The summed E-state index contributed by atoms with van der Waals surface area (Å²) in [5.41, 5.74) is 1.27. The molecule has 150 valence electrons. The number of hydrogen-bond acceptors (Lipinski definition) is 4. The SMILES string of the molecule is CC1(C)OB(c2cc3c(Br)ccc(B4OC(C)(C)C(C)(C)O4)c3[nH]2)OC1(C)C. The van der Waals surface area contributed by atoms with E-state index in [1.165, 1.54) is 0 Å². The van der Waals surface area contributed by atoms with Gasteiger partial charge in [-0.05, 0) is 67.5 Å². The molecule has 0 bridgehead atoms. The normalized spacial score (nSPS) is 25.0. The Morgan fingerprint density at radius 1 is 0.750 bits per heavy atom. The summed E-state index contributed by atoms with van der Waals surface area (Å²) in [7, 11) is -0.888. The molecule has 1 aromatic carbocycles. The van der Waals surface area contributed by atoms with Crippen LogP contribution in [-0.2, 0) is 18.6 Å². The number of rotatable bonds is 2. The van der Waals surface area contributed by atoms with Crippen LogP contribution in [0.4, 0.5) is 0 Å². The number of H-pyrrole nitrogens is 1. The average Bonchev–Trinajstić information content (AvgIpc) is 3.12. The number of fused-ring (bicyclic) bond motifs is 1. The minimum absolute atomic E-state index is 0.388. The fraction of sp³-hybridized carbons (Fsp3) is 0.600. The molecule has 0 atom stereocenters. The molecule has 28 heavy (non-hydrogen) atoms. The molecule has 0 saturated carbocycles. The minimum Gasteiger partial charge on any atom is -0.399 e. The van der Waals surface area contributed by atoms with Gasteiger partial charge in [-0.25, -0.2) is 0 Å². The van der Waals surface area contributed by atoms with Crippen LogP contribution >= 0.6 is 15.9 Å². The monoisotopic (exact) mass is 447 g/mol. The van der Waals surface area contributed by atoms with Gasteiger partial charge in [0.2, 0.25) is 0 Å². The van der Waals surface area contributed by atoms with E-state index in [1.54, 1.807) is 0 Å². The Bertz CT molecular complexity index is 906. The fourth-order valence-corrected chi connectivity index (χ4v) is 3.94. The van der Waals surface area contributed by atoms with Crippen LogP contribution in [0.1, 0.15) is 55.4 Å². The third-order valence-electron chi connectivity index (χ3n) is 6.81. The van der Waals surface area contributed by atoms with Crippen LogP contribution in [0.15, 0.2) is 22.7 Å². The Hall–Kier alpha value is -0.790. The lowest BCUT2D eigenvalue weighted by molar-refractivity contribution is 0.00578. The minimum atomic E-state index is -0.449. The van der Waals surface area contributed by atoms with Crippen molar-refractivity contribution in [3.8, 4) is 0 Å². The lowest BCUT2D eigenvalue weighted by Gasteiger charge is -2.32. The van der Waals surface area contributed by atoms with Crippen LogP contribution in [0.25, 0.3) is 10.9 Å². The van der Waals surface area contributed by atoms with Crippen molar-refractivity contribution in [1.82, 2.24) is 4.98 Å². The molecular formula is C20H28B2BrNO4. The second kappa shape index (κ2) is 6.11. The van der Waals surface area contributed by atoms with Crippen LogP contribution < -0.4 is 11.1 Å². The van der Waals surface area contributed by atoms with E-state index >= 15 is 0 Å². The molecule has 0 radical (unpaired) electrons. The van der Waals surface area contributed by atoms with Crippen molar-refractivity contribution < 1.29 is 18.6 Å². The largest absolute Gasteiger partial charge is 0.512 e. The summed E-state index contributed by atoms with van der Waals surface area (Å²) in [5.74, 6) is 0. The van der Waals surface area contributed by atoms with Crippen molar-refractivity contribution >= 4 is 52.1 Å². The van der Waals surface area contributed by atoms with E-state index in [1.807, 2.05) is 12.1 Å². The second-order valence-corrected chi connectivity index (χ2v) is 10.7. The van der Waals surface area contributed by atoms with Crippen molar-refractivity contribution in [3.05, 3.63) is 22.7 Å². The first-order chi connectivity index (χ1) is 12.7. The molecule has 1 aromatic heterocycles. The zero-order chi connectivity index (χ0) is 20.7. The number of benzene rings is 1. The van der Waals surface area contributed by atoms with Crippen LogP contribution in [0.2, 0.25) is 0 Å². The van der Waals surface area contributed by atoms with Crippen LogP contribution in [-0.4, -0.2) is 41.6 Å². The van der Waals surface area contributed by atoms with Gasteiger partial charge in [-0.15, -0.1) is 0 Å². The molecule has 4 rings (SSSR count). The first-order valence-electron chi connectivity index (χ1n) is 9.76. The van der Waals surface area contributed by atoms with Gasteiger partial charge in [-0.2, -0.15) is 0 Å². The Kier molecular flexibility index (Phi) is 4.47. The number of halogens is 1. The van der Waals surface area contributed by atoms with E-state index in [9.17, 15) is 0 Å². The highest BCUT2D eigenvalue weighted by Crippen LogP contribution is 2.38. The third-order valence-corrected chi connectivity index (χ3v) is 7.50. The second-order valence-electron chi connectivity index (χ2n) is 9.83. The zero-order valence-electron chi connectivity index (χ0n) is 17.9. The summed E-state index contributed by atoms with van der Waals surface area (Å²) in [6, 6.07) is 6.15. The van der Waals surface area contributed by atoms with E-state index in [0.29, 0.717) is 0 Å². The molecule has 2 fully saturated rings. The van der Waals surface area contributed by atoms with E-state index < -0.39 is 25.4 Å². The van der Waals surface area contributed by atoms with Crippen molar-refractivity contribution in [2.75, 3.05) is 0 Å². The maximum absolute atomic E-state index is 6.28. The van der Waals surface area contributed by atoms with Gasteiger partial charge in [0.1, 0.15) is 0 Å². The maximum atomic E-state index is 6.28. The summed E-state index contributed by atoms with van der Waals surface area (Å²) in [4.78, 5) is 3.51. The van der Waals surface area contributed by atoms with Gasteiger partial charge in [0.25, 0.3) is 0 Å². The van der Waals surface area contributed by atoms with Crippen molar-refractivity contribution in [2.24, 2.45) is 0 Å². The number of nitrogens with one attached hydrogen (secondary N) is 1. The smallest absolute Gasteiger partial charge is 0.399 e. The van der Waals surface area contributed by atoms with Crippen molar-refractivity contribution in [1.29, 1.82) is 0 Å². The first kappa shape index (κ1) is 20.5. The van der Waals surface area contributed by atoms with Gasteiger partial charge in [-0.3, -0.25) is 0 Å². The van der Waals surface area contributed by atoms with Gasteiger partial charge in [0, 0.05) is 26.4 Å². The van der Waals surface area contributed by atoms with Gasteiger partial charge in [0.15, 0.2) is 0 Å². The lowest BCUT2D eigenvalue weighted by Crippen LogP contribution is -2.41. The Balaban J connectivity index is 1.75. The summed E-state index contributed by atoms with van der Waals surface area (Å²) < 4.78 is 26.0. The fourth-order valence-electron chi connectivity index (χ4n) is 3.49. The molecule has 2 aliphatic rings. The standard InChI is InChI=1S/C20H28B2BrNO4/c1-17(2)18(3,4)26-21(25-17)13-9-10-14(23)12-11-15(24-16(12)13)22-27-19(5,6)20(7,8)28-22/h9-11,24H,1-8H3. The highest BCUT2D eigenvalue weighted by atomic mass is 79.9. The predicted octanol–water partition coefficient (Wildman–Crippen LogP) is 3.53. The molecule has 5 nitrogen and oxygen atoms in total. The molecule has 0 aliphatic carbocycles. The van der Waals surface area contributed by atoms with Gasteiger partial charge in [-0.1, -0.05) is 22.0 Å². The summed E-state index contributed by atoms with van der Waals surface area (Å²) in [5, 5.41) is 1.05. The van der Waals surface area contributed by atoms with E-state index in [4.69, 9.17) is 18.6 Å². The quantitative estimate of drug-likeness (QED) is 0.715. The molecule has 3 heterocycles. The first-order valence-corrected chi connectivity index (χ1v) is 10.6. The molecule has 0 amide bonds. The molecule has 8 heteroatoms. The molecule has 2 saturated heterocycles. The molecule has 2 aliphatic heterocycles. The van der Waals surface area contributed by atoms with Crippen LogP contribution in [0, 0.1) is 0 Å². The van der Waals surface area contributed by atoms with Crippen LogP contribution in [0.3, 0.4) is 0 Å². The summed E-state index contributed by atoms with van der Waals surface area (Å²) in [6.45, 7) is 16.5. The molecule has 0 spiro atoms. The Labute approximate surface area is 176 Å². The number of hydrogen-bond donors (Lipinski definition) is 1.